The third-order valence-electron chi connectivity index (χ3n) is 13.1. The maximum atomic E-state index is 14.9. The highest BCUT2D eigenvalue weighted by atomic mass is 32.2. The van der Waals surface area contributed by atoms with Crippen LogP contribution in [0.3, 0.4) is 0 Å². The monoisotopic (exact) mass is 739 g/mol. The van der Waals surface area contributed by atoms with E-state index >= 15 is 0 Å². The number of nitrogens with zero attached hydrogens (tertiary/aromatic N) is 1. The van der Waals surface area contributed by atoms with Crippen molar-refractivity contribution < 1.29 is 32.4 Å². The Kier molecular flexibility index (Phi) is 10.3. The fourth-order valence-corrected chi connectivity index (χ4v) is 11.0. The van der Waals surface area contributed by atoms with Gasteiger partial charge in [0.15, 0.2) is 9.84 Å². The molecule has 1 aromatic rings. The van der Waals surface area contributed by atoms with Crippen LogP contribution in [0.2, 0.25) is 0 Å². The zero-order valence-corrected chi connectivity index (χ0v) is 32.2. The SMILES string of the molecule is CC1(C)C2CN(C(=O)[C@@H](NC(=O)NC3(CS(=O)(=O)C(C)(C)C)CCCCC3)C3Cc4ccccc4C3)[C@H](C(=O)NC(CC3CCC3)C(=O)C(N)=O)[C@H]21. The summed E-state index contributed by atoms with van der Waals surface area (Å²) in [7, 11) is -3.58. The highest BCUT2D eigenvalue weighted by Crippen LogP contribution is 2.65. The fraction of sp³-hybridized carbons (Fsp3) is 0.718. The standard InChI is InChI=1S/C39H57N5O7S/c1-37(2,3)52(50,51)22-39(16-9-6-10-17-39)43-36(49)42-30(26-19-24-14-7-8-15-25(24)20-26)35(48)44-21-27-29(38(27,4)5)31(44)34(47)41-28(32(45)33(40)46)18-23-12-11-13-23/h7-8,14-15,23,26-31H,6,9-13,16-22H2,1-5H3,(H2,40,46)(H,41,47)(H2,42,43,49)/t27?,28?,29-,30-,31-/m0/s1. The van der Waals surface area contributed by atoms with Gasteiger partial charge in [0.05, 0.1) is 22.1 Å². The predicted molar refractivity (Wildman–Crippen MR) is 197 cm³/mol. The van der Waals surface area contributed by atoms with Gasteiger partial charge in [0.25, 0.3) is 5.91 Å². The Morgan fingerprint density at radius 2 is 1.56 bits per heavy atom. The fourth-order valence-electron chi connectivity index (χ4n) is 9.46. The number of likely N-dealkylation sites (tertiary alicyclic amines) is 1. The van der Waals surface area contributed by atoms with Gasteiger partial charge in [0, 0.05) is 6.54 Å². The van der Waals surface area contributed by atoms with Crippen LogP contribution in [0.5, 0.6) is 0 Å². The number of piperidine rings is 1. The molecule has 13 heteroatoms. The van der Waals surface area contributed by atoms with Gasteiger partial charge in [-0.1, -0.05) is 76.6 Å². The number of nitrogens with two attached hydrogens (primary N) is 1. The number of Topliss-reactive ketones (excluding diaryl/α,β-unsaturated/α-hetero) is 1. The molecule has 0 spiro atoms. The molecule has 1 saturated heterocycles. The van der Waals surface area contributed by atoms with E-state index in [4.69, 9.17) is 5.73 Å². The normalized spacial score (nSPS) is 26.2. The zero-order valence-electron chi connectivity index (χ0n) is 31.3. The maximum absolute atomic E-state index is 14.9. The van der Waals surface area contributed by atoms with Crippen LogP contribution >= 0.6 is 0 Å². The highest BCUT2D eigenvalue weighted by molar-refractivity contribution is 7.92. The minimum absolute atomic E-state index is 0.0486. The Bertz CT molecular complexity index is 1680. The van der Waals surface area contributed by atoms with E-state index in [1.165, 1.54) is 0 Å². The smallest absolute Gasteiger partial charge is 0.315 e. The number of hydrogen-bond donors (Lipinski definition) is 4. The maximum Gasteiger partial charge on any atom is 0.315 e. The van der Waals surface area contributed by atoms with Gasteiger partial charge in [-0.3, -0.25) is 19.2 Å². The third kappa shape index (κ3) is 7.48. The molecule has 286 valence electrons. The molecule has 5 amide bonds. The van der Waals surface area contributed by atoms with Crippen LogP contribution in [0.1, 0.15) is 104 Å². The number of fused-ring (bicyclic) bond motifs is 2. The number of nitrogens with one attached hydrogen (secondary N) is 3. The topological polar surface area (TPSA) is 185 Å². The lowest BCUT2D eigenvalue weighted by atomic mass is 9.80. The molecule has 5 N–H and O–H groups in total. The quantitative estimate of drug-likeness (QED) is 0.237. The number of sulfone groups is 1. The molecule has 1 heterocycles. The van der Waals surface area contributed by atoms with Crippen molar-refractivity contribution in [2.24, 2.45) is 34.8 Å². The minimum atomic E-state index is -3.58. The summed E-state index contributed by atoms with van der Waals surface area (Å²) in [6.45, 7) is 9.45. The Hall–Kier alpha value is -3.48. The second kappa shape index (κ2) is 14.1. The first-order chi connectivity index (χ1) is 24.3. The molecule has 5 atom stereocenters. The average Bonchev–Trinajstić information content (AvgIpc) is 3.40. The first kappa shape index (κ1) is 38.3. The van der Waals surface area contributed by atoms with Gasteiger partial charge in [-0.05, 0) is 93.1 Å². The second-order valence-corrected chi connectivity index (χ2v) is 20.7. The largest absolute Gasteiger partial charge is 0.363 e. The summed E-state index contributed by atoms with van der Waals surface area (Å²) in [5.74, 6) is -3.20. The van der Waals surface area contributed by atoms with Crippen LogP contribution in [0, 0.1) is 29.1 Å². The van der Waals surface area contributed by atoms with E-state index in [-0.39, 0.29) is 40.7 Å². The van der Waals surface area contributed by atoms with Crippen molar-refractivity contribution in [1.82, 2.24) is 20.9 Å². The molecular formula is C39H57N5O7S. The van der Waals surface area contributed by atoms with E-state index in [9.17, 15) is 32.4 Å². The molecule has 1 aromatic carbocycles. The molecule has 4 aliphatic carbocycles. The summed E-state index contributed by atoms with van der Waals surface area (Å²) in [5.41, 5.74) is 6.40. The summed E-state index contributed by atoms with van der Waals surface area (Å²) in [6, 6.07) is 4.39. The molecule has 1 aliphatic heterocycles. The van der Waals surface area contributed by atoms with E-state index in [1.807, 2.05) is 24.3 Å². The Morgan fingerprint density at radius 3 is 2.10 bits per heavy atom. The van der Waals surface area contributed by atoms with Crippen molar-refractivity contribution in [1.29, 1.82) is 0 Å². The van der Waals surface area contributed by atoms with E-state index in [0.29, 0.717) is 38.6 Å². The zero-order chi connectivity index (χ0) is 37.8. The molecule has 12 nitrogen and oxygen atoms in total. The van der Waals surface area contributed by atoms with Crippen molar-refractivity contribution in [2.75, 3.05) is 12.3 Å². The van der Waals surface area contributed by atoms with E-state index in [2.05, 4.69) is 29.8 Å². The number of ketones is 1. The number of primary amides is 1. The van der Waals surface area contributed by atoms with Crippen LogP contribution in [0.25, 0.3) is 0 Å². The van der Waals surface area contributed by atoms with Gasteiger partial charge < -0.3 is 26.6 Å². The summed E-state index contributed by atoms with van der Waals surface area (Å²) in [6.07, 6.45) is 7.82. The van der Waals surface area contributed by atoms with Crippen LogP contribution < -0.4 is 21.7 Å². The Morgan fingerprint density at radius 1 is 0.942 bits per heavy atom. The van der Waals surface area contributed by atoms with Gasteiger partial charge in [-0.2, -0.15) is 0 Å². The van der Waals surface area contributed by atoms with Crippen LogP contribution in [-0.2, 0) is 41.9 Å². The molecular weight excluding hydrogens is 683 g/mol. The van der Waals surface area contributed by atoms with Crippen LogP contribution in [-0.4, -0.2) is 83.6 Å². The lowest BCUT2D eigenvalue weighted by Gasteiger charge is -2.40. The minimum Gasteiger partial charge on any atom is -0.363 e. The number of benzene rings is 1. The third-order valence-corrected chi connectivity index (χ3v) is 15.9. The van der Waals surface area contributed by atoms with Gasteiger partial charge in [0.1, 0.15) is 12.1 Å². The van der Waals surface area contributed by atoms with Crippen molar-refractivity contribution in [3.8, 4) is 0 Å². The van der Waals surface area contributed by atoms with Gasteiger partial charge in [-0.25, -0.2) is 13.2 Å². The molecule has 5 aliphatic rings. The summed E-state index contributed by atoms with van der Waals surface area (Å²) in [4.78, 5) is 69.6. The molecule has 0 aromatic heterocycles. The Balaban J connectivity index is 1.26. The number of urea groups is 1. The average molecular weight is 740 g/mol. The van der Waals surface area contributed by atoms with Gasteiger partial charge in [-0.15, -0.1) is 0 Å². The molecule has 0 bridgehead atoms. The van der Waals surface area contributed by atoms with Crippen molar-refractivity contribution in [3.05, 3.63) is 35.4 Å². The molecule has 3 saturated carbocycles. The first-order valence-corrected chi connectivity index (χ1v) is 20.8. The molecule has 0 radical (unpaired) electrons. The molecule has 4 fully saturated rings. The van der Waals surface area contributed by atoms with Crippen LogP contribution in [0.15, 0.2) is 24.3 Å². The molecule has 52 heavy (non-hydrogen) atoms. The van der Waals surface area contributed by atoms with Gasteiger partial charge in [0.2, 0.25) is 17.6 Å². The Labute approximate surface area is 308 Å². The van der Waals surface area contributed by atoms with Crippen molar-refractivity contribution >= 4 is 39.4 Å². The van der Waals surface area contributed by atoms with Crippen LogP contribution in [0.4, 0.5) is 4.79 Å². The number of amides is 5. The molecule has 6 rings (SSSR count). The second-order valence-electron chi connectivity index (χ2n) is 17.9. The summed E-state index contributed by atoms with van der Waals surface area (Å²) < 4.78 is 25.9. The van der Waals surface area contributed by atoms with E-state index < -0.39 is 61.9 Å². The summed E-state index contributed by atoms with van der Waals surface area (Å²) in [5, 5.41) is 8.91. The number of carbonyl (C=O) groups excluding carboxylic acids is 5. The van der Waals surface area contributed by atoms with Gasteiger partial charge >= 0.3 is 6.03 Å². The van der Waals surface area contributed by atoms with E-state index in [0.717, 1.165) is 49.7 Å². The summed E-state index contributed by atoms with van der Waals surface area (Å²) >= 11 is 0. The lowest BCUT2D eigenvalue weighted by molar-refractivity contribution is -0.144. The first-order valence-electron chi connectivity index (χ1n) is 19.2. The predicted octanol–water partition coefficient (Wildman–Crippen LogP) is 3.20. The number of carbonyl (C=O) groups is 5. The number of hydrogen-bond acceptors (Lipinski definition) is 7. The van der Waals surface area contributed by atoms with Crippen molar-refractivity contribution in [3.63, 3.8) is 0 Å². The lowest BCUT2D eigenvalue weighted by Crippen LogP contribution is -2.63. The van der Waals surface area contributed by atoms with Crippen molar-refractivity contribution in [2.45, 2.75) is 134 Å². The number of rotatable bonds is 12. The molecule has 2 unspecified atom stereocenters. The van der Waals surface area contributed by atoms with E-state index in [1.54, 1.807) is 25.7 Å². The highest BCUT2D eigenvalue weighted by Gasteiger charge is 2.70.